The Labute approximate surface area is 140 Å². The monoisotopic (exact) mass is 331 g/mol. The molecule has 1 aliphatic rings. The van der Waals surface area contributed by atoms with Crippen molar-refractivity contribution < 1.29 is 19.2 Å². The quantitative estimate of drug-likeness (QED) is 0.864. The average molecular weight is 331 g/mol. The summed E-state index contributed by atoms with van der Waals surface area (Å²) in [6.45, 7) is 2.70. The third kappa shape index (κ3) is 3.32. The molecule has 1 saturated heterocycles. The molecule has 1 fully saturated rings. The van der Waals surface area contributed by atoms with Crippen molar-refractivity contribution in [1.29, 1.82) is 0 Å². The molecular formula is C17H21N3O4. The number of rotatable bonds is 5. The van der Waals surface area contributed by atoms with Crippen LogP contribution < -0.4 is 5.32 Å². The van der Waals surface area contributed by atoms with Crippen molar-refractivity contribution >= 4 is 5.91 Å². The largest absolute Gasteiger partial charge is 0.396 e. The topological polar surface area (TPSA) is 97.5 Å². The molecule has 1 amide bonds. The predicted octanol–water partition coefficient (Wildman–Crippen LogP) is 1.64. The summed E-state index contributed by atoms with van der Waals surface area (Å²) in [5.41, 5.74) is 0.454. The summed E-state index contributed by atoms with van der Waals surface area (Å²) in [6, 6.07) is 9.27. The van der Waals surface area contributed by atoms with E-state index in [4.69, 9.17) is 9.26 Å². The van der Waals surface area contributed by atoms with Crippen molar-refractivity contribution in [1.82, 2.24) is 15.5 Å². The van der Waals surface area contributed by atoms with Crippen LogP contribution >= 0.6 is 0 Å². The Kier molecular flexibility index (Phi) is 4.92. The zero-order valence-corrected chi connectivity index (χ0v) is 13.6. The number of aliphatic hydroxyl groups excluding tert-OH is 1. The molecule has 2 heterocycles. The third-order valence-electron chi connectivity index (χ3n) is 4.55. The van der Waals surface area contributed by atoms with Gasteiger partial charge in [0.2, 0.25) is 5.89 Å². The molecule has 1 aliphatic heterocycles. The number of benzene rings is 1. The lowest BCUT2D eigenvalue weighted by Crippen LogP contribution is -2.46. The van der Waals surface area contributed by atoms with Gasteiger partial charge in [0, 0.05) is 25.6 Å². The van der Waals surface area contributed by atoms with Gasteiger partial charge in [-0.25, -0.2) is 0 Å². The second-order valence-electron chi connectivity index (χ2n) is 6.09. The highest BCUT2D eigenvalue weighted by atomic mass is 16.5. The van der Waals surface area contributed by atoms with Crippen LogP contribution in [0.25, 0.3) is 0 Å². The number of ether oxygens (including phenoxy) is 1. The van der Waals surface area contributed by atoms with Gasteiger partial charge >= 0.3 is 0 Å². The molecule has 1 aromatic carbocycles. The number of amides is 1. The molecule has 0 spiro atoms. The molecule has 7 heteroatoms. The molecule has 1 aromatic heterocycles. The number of hydrogen-bond donors (Lipinski definition) is 2. The van der Waals surface area contributed by atoms with Crippen molar-refractivity contribution in [2.45, 2.75) is 25.8 Å². The van der Waals surface area contributed by atoms with Crippen molar-refractivity contribution in [3.05, 3.63) is 47.6 Å². The molecule has 0 radical (unpaired) electrons. The van der Waals surface area contributed by atoms with Crippen LogP contribution in [0, 0.1) is 12.3 Å². The SMILES string of the molecule is Cc1nc(C(=O)N[C@H](c2ccccc2)C2(CO)CCOCC2)no1. The molecular weight excluding hydrogens is 310 g/mol. The minimum absolute atomic E-state index is 0.00594. The zero-order valence-electron chi connectivity index (χ0n) is 13.6. The van der Waals surface area contributed by atoms with Crippen LogP contribution in [0.4, 0.5) is 0 Å². The number of nitrogens with zero attached hydrogens (tertiary/aromatic N) is 2. The van der Waals surface area contributed by atoms with Crippen LogP contribution in [0.5, 0.6) is 0 Å². The normalized spacial score (nSPS) is 18.1. The number of carbonyl (C=O) groups excluding carboxylic acids is 1. The Bertz CT molecular complexity index is 680. The van der Waals surface area contributed by atoms with Crippen LogP contribution in [-0.2, 0) is 4.74 Å². The lowest BCUT2D eigenvalue weighted by Gasteiger charge is -2.42. The van der Waals surface area contributed by atoms with Gasteiger partial charge in [-0.05, 0) is 18.4 Å². The summed E-state index contributed by atoms with van der Waals surface area (Å²) in [4.78, 5) is 16.5. The maximum Gasteiger partial charge on any atom is 0.293 e. The van der Waals surface area contributed by atoms with E-state index in [1.54, 1.807) is 6.92 Å². The van der Waals surface area contributed by atoms with Crippen LogP contribution in [-0.4, -0.2) is 41.0 Å². The molecule has 24 heavy (non-hydrogen) atoms. The third-order valence-corrected chi connectivity index (χ3v) is 4.55. The maximum absolute atomic E-state index is 12.5. The Morgan fingerprint density at radius 3 is 2.62 bits per heavy atom. The van der Waals surface area contributed by atoms with E-state index < -0.39 is 11.3 Å². The van der Waals surface area contributed by atoms with Gasteiger partial charge in [0.25, 0.3) is 11.7 Å². The fourth-order valence-electron chi connectivity index (χ4n) is 3.14. The van der Waals surface area contributed by atoms with Gasteiger partial charge < -0.3 is 19.7 Å². The highest BCUT2D eigenvalue weighted by molar-refractivity contribution is 5.90. The number of nitrogens with one attached hydrogen (secondary N) is 1. The van der Waals surface area contributed by atoms with Crippen LogP contribution in [0.15, 0.2) is 34.9 Å². The molecule has 7 nitrogen and oxygen atoms in total. The fourth-order valence-corrected chi connectivity index (χ4v) is 3.14. The first-order valence-corrected chi connectivity index (χ1v) is 7.99. The molecule has 2 N–H and O–H groups in total. The minimum Gasteiger partial charge on any atom is -0.396 e. The predicted molar refractivity (Wildman–Crippen MR) is 85.3 cm³/mol. The number of aliphatic hydroxyl groups is 1. The van der Waals surface area contributed by atoms with Crippen LogP contribution in [0.1, 0.15) is 41.0 Å². The first-order valence-electron chi connectivity index (χ1n) is 7.99. The molecule has 0 aliphatic carbocycles. The Morgan fingerprint density at radius 1 is 1.33 bits per heavy atom. The molecule has 0 saturated carbocycles. The van der Waals surface area contributed by atoms with Gasteiger partial charge in [-0.15, -0.1) is 0 Å². The van der Waals surface area contributed by atoms with Gasteiger partial charge in [0.05, 0.1) is 12.6 Å². The van der Waals surface area contributed by atoms with E-state index in [0.29, 0.717) is 31.9 Å². The number of carbonyl (C=O) groups is 1. The van der Waals surface area contributed by atoms with Gasteiger partial charge in [0.1, 0.15) is 0 Å². The number of hydrogen-bond acceptors (Lipinski definition) is 6. The smallest absolute Gasteiger partial charge is 0.293 e. The van der Waals surface area contributed by atoms with E-state index in [9.17, 15) is 9.90 Å². The van der Waals surface area contributed by atoms with Crippen LogP contribution in [0.3, 0.4) is 0 Å². The highest BCUT2D eigenvalue weighted by Crippen LogP contribution is 2.42. The van der Waals surface area contributed by atoms with E-state index in [1.807, 2.05) is 30.3 Å². The van der Waals surface area contributed by atoms with Crippen molar-refractivity contribution in [3.8, 4) is 0 Å². The average Bonchev–Trinajstić information content (AvgIpc) is 3.07. The van der Waals surface area contributed by atoms with E-state index in [-0.39, 0.29) is 18.5 Å². The minimum atomic E-state index is -0.478. The molecule has 128 valence electrons. The Hall–Kier alpha value is -2.25. The first kappa shape index (κ1) is 16.6. The van der Waals surface area contributed by atoms with E-state index in [0.717, 1.165) is 5.56 Å². The van der Waals surface area contributed by atoms with Gasteiger partial charge in [-0.2, -0.15) is 4.98 Å². The Morgan fingerprint density at radius 2 is 2.04 bits per heavy atom. The lowest BCUT2D eigenvalue weighted by atomic mass is 9.72. The lowest BCUT2D eigenvalue weighted by molar-refractivity contribution is -0.0370. The molecule has 0 bridgehead atoms. The number of aryl methyl sites for hydroxylation is 1. The standard InChI is InChI=1S/C17H21N3O4/c1-12-18-15(20-24-12)16(22)19-14(13-5-3-2-4-6-13)17(11-21)7-9-23-10-8-17/h2-6,14,21H,7-11H2,1H3,(H,19,22)/t14-/m1/s1. The number of aromatic nitrogens is 2. The molecule has 2 aromatic rings. The summed E-state index contributed by atoms with van der Waals surface area (Å²) in [5, 5.41) is 16.8. The fraction of sp³-hybridized carbons (Fsp3) is 0.471. The Balaban J connectivity index is 1.91. The summed E-state index contributed by atoms with van der Waals surface area (Å²) in [7, 11) is 0. The van der Waals surface area contributed by atoms with E-state index >= 15 is 0 Å². The molecule has 3 rings (SSSR count). The summed E-state index contributed by atoms with van der Waals surface area (Å²) >= 11 is 0. The van der Waals surface area contributed by atoms with Crippen molar-refractivity contribution in [2.75, 3.05) is 19.8 Å². The summed E-state index contributed by atoms with van der Waals surface area (Å²) in [5.74, 6) is -0.0899. The van der Waals surface area contributed by atoms with Crippen LogP contribution in [0.2, 0.25) is 0 Å². The zero-order chi connectivity index (χ0) is 17.0. The summed E-state index contributed by atoms with van der Waals surface area (Å²) < 4.78 is 10.3. The van der Waals surface area contributed by atoms with E-state index in [2.05, 4.69) is 15.5 Å². The van der Waals surface area contributed by atoms with Crippen molar-refractivity contribution in [2.24, 2.45) is 5.41 Å². The maximum atomic E-state index is 12.5. The van der Waals surface area contributed by atoms with E-state index in [1.165, 1.54) is 0 Å². The molecule has 0 unspecified atom stereocenters. The van der Waals surface area contributed by atoms with Gasteiger partial charge in [0.15, 0.2) is 0 Å². The second-order valence-corrected chi connectivity index (χ2v) is 6.09. The highest BCUT2D eigenvalue weighted by Gasteiger charge is 2.42. The summed E-state index contributed by atoms with van der Waals surface area (Å²) in [6.07, 6.45) is 1.32. The van der Waals surface area contributed by atoms with Crippen molar-refractivity contribution in [3.63, 3.8) is 0 Å². The second kappa shape index (κ2) is 7.11. The molecule has 1 atom stereocenters. The first-order chi connectivity index (χ1) is 11.6. The van der Waals surface area contributed by atoms with Gasteiger partial charge in [-0.3, -0.25) is 4.79 Å². The van der Waals surface area contributed by atoms with Gasteiger partial charge in [-0.1, -0.05) is 35.5 Å².